The maximum absolute atomic E-state index is 12.9. The van der Waals surface area contributed by atoms with E-state index in [1.54, 1.807) is 0 Å². The molecule has 5 aliphatic rings. The van der Waals surface area contributed by atoms with Gasteiger partial charge in [0, 0.05) is 25.0 Å². The predicted molar refractivity (Wildman–Crippen MR) is 123 cm³/mol. The molecule has 1 N–H and O–H groups in total. The average Bonchev–Trinajstić information content (AvgIpc) is 3.49. The summed E-state index contributed by atoms with van der Waals surface area (Å²) in [5, 5.41) is 3.77. The van der Waals surface area contributed by atoms with Crippen LogP contribution in [0.4, 0.5) is 0 Å². The zero-order chi connectivity index (χ0) is 21.8. The lowest BCUT2D eigenvalue weighted by atomic mass is 9.53. The smallest absolute Gasteiger partial charge is 0.310 e. The van der Waals surface area contributed by atoms with Crippen LogP contribution in [-0.2, 0) is 20.8 Å². The molecule has 6 atom stereocenters. The van der Waals surface area contributed by atoms with Crippen molar-refractivity contribution in [2.45, 2.75) is 76.2 Å². The van der Waals surface area contributed by atoms with E-state index in [-0.39, 0.29) is 29.0 Å². The molecule has 2 aliphatic carbocycles. The molecule has 6 rings (SSSR count). The van der Waals surface area contributed by atoms with Gasteiger partial charge < -0.3 is 14.8 Å². The quantitative estimate of drug-likeness (QED) is 0.560. The van der Waals surface area contributed by atoms with Crippen LogP contribution in [0.3, 0.4) is 0 Å². The molecule has 3 aliphatic heterocycles. The Bertz CT molecular complexity index is 833. The molecule has 2 saturated carbocycles. The molecule has 1 spiro atoms. The Labute approximate surface area is 192 Å². The van der Waals surface area contributed by atoms with Crippen LogP contribution in [0.15, 0.2) is 30.3 Å². The third kappa shape index (κ3) is 3.80. The van der Waals surface area contributed by atoms with E-state index in [2.05, 4.69) is 47.5 Å². The summed E-state index contributed by atoms with van der Waals surface area (Å²) < 4.78 is 12.0. The number of fused-ring (bicyclic) bond motifs is 3. The van der Waals surface area contributed by atoms with Crippen molar-refractivity contribution in [2.75, 3.05) is 26.2 Å². The van der Waals surface area contributed by atoms with Crippen LogP contribution in [0.5, 0.6) is 0 Å². The van der Waals surface area contributed by atoms with Gasteiger partial charge in [0.1, 0.15) is 6.10 Å². The number of rotatable bonds is 5. The van der Waals surface area contributed by atoms with Crippen molar-refractivity contribution >= 4 is 5.97 Å². The Hall–Kier alpha value is -1.43. The van der Waals surface area contributed by atoms with E-state index in [0.717, 1.165) is 58.5 Å². The fraction of sp³-hybridized carbons (Fsp3) is 0.741. The number of carbonyl (C=O) groups excluding carboxylic acids is 1. The summed E-state index contributed by atoms with van der Waals surface area (Å²) >= 11 is 0. The van der Waals surface area contributed by atoms with Gasteiger partial charge in [-0.3, -0.25) is 9.69 Å². The fourth-order valence-electron chi connectivity index (χ4n) is 7.62. The number of likely N-dealkylation sites (tertiary alicyclic amines) is 1. The number of hydrogen-bond donors (Lipinski definition) is 1. The summed E-state index contributed by atoms with van der Waals surface area (Å²) in [5.74, 6) is 1.03. The minimum atomic E-state index is 0.0182. The molecule has 0 bridgehead atoms. The van der Waals surface area contributed by atoms with Crippen molar-refractivity contribution < 1.29 is 14.3 Å². The van der Waals surface area contributed by atoms with E-state index in [1.807, 2.05) is 0 Å². The standard InChI is InChI=1S/C27H38N2O3/c1-26-10-5-11-27(18-31-27)24(26)14-21-22(25(30)32-23(21)15-26)16-28-20-8-12-29(13-9-20)17-19-6-3-2-4-7-19/h2-4,6-7,20-24,28H,5,8-18H2,1H3/t21-,22+,23+,24-,26+,27+/m0/s1. The van der Waals surface area contributed by atoms with Gasteiger partial charge in [-0.1, -0.05) is 37.3 Å². The second-order valence-electron chi connectivity index (χ2n) is 11.5. The normalized spacial score (nSPS) is 41.8. The minimum Gasteiger partial charge on any atom is -0.462 e. The number of hydrogen-bond acceptors (Lipinski definition) is 5. The molecular weight excluding hydrogens is 400 g/mol. The van der Waals surface area contributed by atoms with Gasteiger partial charge in [-0.2, -0.15) is 0 Å². The van der Waals surface area contributed by atoms with Gasteiger partial charge in [0.15, 0.2) is 0 Å². The zero-order valence-electron chi connectivity index (χ0n) is 19.4. The van der Waals surface area contributed by atoms with Gasteiger partial charge in [0.05, 0.1) is 18.1 Å². The molecule has 0 radical (unpaired) electrons. The highest BCUT2D eigenvalue weighted by molar-refractivity contribution is 5.75. The monoisotopic (exact) mass is 438 g/mol. The van der Waals surface area contributed by atoms with Gasteiger partial charge in [-0.15, -0.1) is 0 Å². The number of piperidine rings is 1. The number of epoxide rings is 1. The number of nitrogens with zero attached hydrogens (tertiary/aromatic N) is 1. The molecule has 5 nitrogen and oxygen atoms in total. The molecule has 1 aromatic rings. The van der Waals surface area contributed by atoms with Crippen LogP contribution < -0.4 is 5.32 Å². The van der Waals surface area contributed by atoms with Gasteiger partial charge >= 0.3 is 5.97 Å². The van der Waals surface area contributed by atoms with Crippen LogP contribution in [0, 0.1) is 23.2 Å². The Balaban J connectivity index is 1.04. The first kappa shape index (κ1) is 21.1. The van der Waals surface area contributed by atoms with Crippen molar-refractivity contribution in [1.29, 1.82) is 0 Å². The highest BCUT2D eigenvalue weighted by Crippen LogP contribution is 2.62. The molecule has 5 fully saturated rings. The van der Waals surface area contributed by atoms with Crippen molar-refractivity contribution in [3.63, 3.8) is 0 Å². The zero-order valence-corrected chi connectivity index (χ0v) is 19.4. The number of benzene rings is 1. The highest BCUT2D eigenvalue weighted by atomic mass is 16.6. The van der Waals surface area contributed by atoms with E-state index in [4.69, 9.17) is 9.47 Å². The third-order valence-corrected chi connectivity index (χ3v) is 9.54. The second kappa shape index (κ2) is 8.11. The Kier molecular flexibility index (Phi) is 5.35. The van der Waals surface area contributed by atoms with Crippen LogP contribution >= 0.6 is 0 Å². The molecular formula is C27H38N2O3. The summed E-state index contributed by atoms with van der Waals surface area (Å²) in [7, 11) is 0. The average molecular weight is 439 g/mol. The molecule has 1 aromatic carbocycles. The van der Waals surface area contributed by atoms with E-state index in [1.165, 1.54) is 24.8 Å². The first-order valence-electron chi connectivity index (χ1n) is 12.9. The topological polar surface area (TPSA) is 54.1 Å². The van der Waals surface area contributed by atoms with Gasteiger partial charge in [-0.25, -0.2) is 0 Å². The first-order chi connectivity index (χ1) is 15.5. The molecule has 32 heavy (non-hydrogen) atoms. The number of carbonyl (C=O) groups is 1. The van der Waals surface area contributed by atoms with Crippen molar-refractivity contribution in [2.24, 2.45) is 23.2 Å². The molecule has 0 amide bonds. The van der Waals surface area contributed by atoms with Crippen LogP contribution in [0.1, 0.15) is 57.4 Å². The summed E-state index contributed by atoms with van der Waals surface area (Å²) in [6.45, 7) is 7.42. The van der Waals surface area contributed by atoms with Gasteiger partial charge in [0.25, 0.3) is 0 Å². The van der Waals surface area contributed by atoms with Crippen molar-refractivity contribution in [3.8, 4) is 0 Å². The lowest BCUT2D eigenvalue weighted by molar-refractivity contribution is -0.147. The molecule has 3 saturated heterocycles. The van der Waals surface area contributed by atoms with Crippen LogP contribution in [-0.4, -0.2) is 54.9 Å². The Morgan fingerprint density at radius 3 is 2.69 bits per heavy atom. The van der Waals surface area contributed by atoms with Crippen LogP contribution in [0.2, 0.25) is 0 Å². The number of ether oxygens (including phenoxy) is 2. The highest BCUT2D eigenvalue weighted by Gasteiger charge is 2.65. The maximum atomic E-state index is 12.9. The Morgan fingerprint density at radius 2 is 1.94 bits per heavy atom. The summed E-state index contributed by atoms with van der Waals surface area (Å²) in [4.78, 5) is 15.4. The molecule has 3 heterocycles. The molecule has 0 aromatic heterocycles. The van der Waals surface area contributed by atoms with E-state index < -0.39 is 0 Å². The molecule has 0 unspecified atom stereocenters. The first-order valence-corrected chi connectivity index (χ1v) is 12.9. The third-order valence-electron chi connectivity index (χ3n) is 9.54. The molecule has 174 valence electrons. The van der Waals surface area contributed by atoms with Crippen molar-refractivity contribution in [3.05, 3.63) is 35.9 Å². The van der Waals surface area contributed by atoms with Crippen LogP contribution in [0.25, 0.3) is 0 Å². The Morgan fingerprint density at radius 1 is 1.16 bits per heavy atom. The van der Waals surface area contributed by atoms with Gasteiger partial charge in [0.2, 0.25) is 0 Å². The molecule has 5 heteroatoms. The maximum Gasteiger partial charge on any atom is 0.310 e. The fourth-order valence-corrected chi connectivity index (χ4v) is 7.62. The second-order valence-corrected chi connectivity index (χ2v) is 11.5. The summed E-state index contributed by atoms with van der Waals surface area (Å²) in [6, 6.07) is 11.3. The predicted octanol–water partition coefficient (Wildman–Crippen LogP) is 3.77. The number of esters is 1. The number of nitrogens with one attached hydrogen (secondary N) is 1. The van der Waals surface area contributed by atoms with Crippen molar-refractivity contribution in [1.82, 2.24) is 10.2 Å². The summed E-state index contributed by atoms with van der Waals surface area (Å²) in [5.41, 5.74) is 1.81. The lowest BCUT2D eigenvalue weighted by Crippen LogP contribution is -2.51. The minimum absolute atomic E-state index is 0.0182. The van der Waals surface area contributed by atoms with E-state index >= 15 is 0 Å². The van der Waals surface area contributed by atoms with E-state index in [9.17, 15) is 4.79 Å². The SMILES string of the molecule is C[C@]12CCC[C@@]3(CO3)[C@H]1C[C@@H]1[C@@H](C2)OC(=O)[C@@H]1CNC1CCN(Cc2ccccc2)CC1. The lowest BCUT2D eigenvalue weighted by Gasteiger charge is -2.51. The van der Waals surface area contributed by atoms with E-state index in [0.29, 0.717) is 17.9 Å². The largest absolute Gasteiger partial charge is 0.462 e. The summed E-state index contributed by atoms with van der Waals surface area (Å²) in [6.07, 6.45) is 8.30. The van der Waals surface area contributed by atoms with Gasteiger partial charge in [-0.05, 0) is 74.9 Å².